The Kier molecular flexibility index (Phi) is 9.09. The van der Waals surface area contributed by atoms with Gasteiger partial charge in [-0.3, -0.25) is 9.59 Å². The van der Waals surface area contributed by atoms with E-state index in [0.29, 0.717) is 18.0 Å². The normalized spacial score (nSPS) is 14.0. The van der Waals surface area contributed by atoms with Crippen molar-refractivity contribution in [2.75, 3.05) is 23.7 Å². The molecule has 0 unspecified atom stereocenters. The molecule has 2 aromatic rings. The highest BCUT2D eigenvalue weighted by atomic mass is 35.5. The van der Waals surface area contributed by atoms with Crippen molar-refractivity contribution in [3.8, 4) is 0 Å². The second kappa shape index (κ2) is 11.5. The van der Waals surface area contributed by atoms with Crippen LogP contribution in [0.2, 0.25) is 0 Å². The molecule has 0 saturated carbocycles. The highest BCUT2D eigenvalue weighted by Gasteiger charge is 2.15. The summed E-state index contributed by atoms with van der Waals surface area (Å²) in [6.45, 7) is 2.02. The molecular formula is C22H27ClFN3O2. The average Bonchev–Trinajstić information content (AvgIpc) is 2.70. The number of halogens is 2. The molecule has 29 heavy (non-hydrogen) atoms. The summed E-state index contributed by atoms with van der Waals surface area (Å²) in [4.78, 5) is 24.4. The molecule has 0 spiro atoms. The molecule has 5 nitrogen and oxygen atoms in total. The maximum atomic E-state index is 14.1. The number of hydrogen-bond donors (Lipinski definition) is 3. The van der Waals surface area contributed by atoms with Gasteiger partial charge in [-0.2, -0.15) is 0 Å². The van der Waals surface area contributed by atoms with Crippen LogP contribution < -0.4 is 16.0 Å². The molecule has 0 atom stereocenters. The van der Waals surface area contributed by atoms with Gasteiger partial charge in [0.1, 0.15) is 5.82 Å². The van der Waals surface area contributed by atoms with Gasteiger partial charge in [-0.15, -0.1) is 12.4 Å². The molecule has 3 N–H and O–H groups in total. The van der Waals surface area contributed by atoms with E-state index in [2.05, 4.69) is 16.0 Å². The van der Waals surface area contributed by atoms with Gasteiger partial charge < -0.3 is 16.0 Å². The molecule has 0 bridgehead atoms. The molecule has 1 heterocycles. The monoisotopic (exact) mass is 419 g/mol. The standard InChI is InChI=1S/C22H26FN3O2.ClH/c23-19-8-7-18(25-21(27)9-6-16-10-12-24-13-11-16)15-20(19)26-22(28)14-17-4-2-1-3-5-17;/h1-5,7-8,15-16,24H,6,9-14H2,(H,25,27)(H,26,28);1H. The Hall–Kier alpha value is -2.44. The van der Waals surface area contributed by atoms with Crippen molar-refractivity contribution in [1.82, 2.24) is 5.32 Å². The number of hydrogen-bond acceptors (Lipinski definition) is 3. The van der Waals surface area contributed by atoms with Gasteiger partial charge in [-0.1, -0.05) is 30.3 Å². The first kappa shape index (κ1) is 22.8. The number of amides is 2. The lowest BCUT2D eigenvalue weighted by molar-refractivity contribution is -0.117. The van der Waals surface area contributed by atoms with Crippen molar-refractivity contribution in [2.45, 2.75) is 32.1 Å². The summed E-state index contributed by atoms with van der Waals surface area (Å²) in [5.74, 6) is -0.353. The van der Waals surface area contributed by atoms with Crippen LogP contribution in [0.3, 0.4) is 0 Å². The Morgan fingerprint density at radius 1 is 1.00 bits per heavy atom. The van der Waals surface area contributed by atoms with Gasteiger partial charge in [0, 0.05) is 12.1 Å². The average molecular weight is 420 g/mol. The molecule has 0 aliphatic carbocycles. The van der Waals surface area contributed by atoms with Crippen LogP contribution in [0.4, 0.5) is 15.8 Å². The Balaban J connectivity index is 0.00000300. The van der Waals surface area contributed by atoms with Crippen molar-refractivity contribution in [3.05, 3.63) is 59.9 Å². The van der Waals surface area contributed by atoms with E-state index >= 15 is 0 Å². The quantitative estimate of drug-likeness (QED) is 0.631. The zero-order chi connectivity index (χ0) is 19.8. The lowest BCUT2D eigenvalue weighted by atomic mass is 9.93. The molecule has 3 rings (SSSR count). The van der Waals surface area contributed by atoms with Gasteiger partial charge in [0.2, 0.25) is 11.8 Å². The number of benzene rings is 2. The minimum Gasteiger partial charge on any atom is -0.326 e. The third kappa shape index (κ3) is 7.48. The first-order valence-electron chi connectivity index (χ1n) is 9.74. The second-order valence-electron chi connectivity index (χ2n) is 7.19. The van der Waals surface area contributed by atoms with Crippen LogP contribution in [0.25, 0.3) is 0 Å². The van der Waals surface area contributed by atoms with E-state index in [9.17, 15) is 14.0 Å². The van der Waals surface area contributed by atoms with Gasteiger partial charge in [0.05, 0.1) is 12.1 Å². The summed E-state index contributed by atoms with van der Waals surface area (Å²) >= 11 is 0. The van der Waals surface area contributed by atoms with E-state index in [0.717, 1.165) is 37.9 Å². The Morgan fingerprint density at radius 2 is 1.72 bits per heavy atom. The molecule has 156 valence electrons. The molecule has 1 aliphatic rings. The summed E-state index contributed by atoms with van der Waals surface area (Å²) < 4.78 is 14.1. The fraction of sp³-hybridized carbons (Fsp3) is 0.364. The van der Waals surface area contributed by atoms with Crippen LogP contribution in [-0.4, -0.2) is 24.9 Å². The molecular weight excluding hydrogens is 393 g/mol. The summed E-state index contributed by atoms with van der Waals surface area (Å²) in [6.07, 6.45) is 3.66. The summed E-state index contributed by atoms with van der Waals surface area (Å²) in [7, 11) is 0. The fourth-order valence-corrected chi connectivity index (χ4v) is 3.40. The zero-order valence-electron chi connectivity index (χ0n) is 16.2. The SMILES string of the molecule is Cl.O=C(CCC1CCNCC1)Nc1ccc(F)c(NC(=O)Cc2ccccc2)c1. The molecule has 1 saturated heterocycles. The topological polar surface area (TPSA) is 70.2 Å². The predicted octanol–water partition coefficient (Wildman–Crippen LogP) is 4.15. The Morgan fingerprint density at radius 3 is 2.45 bits per heavy atom. The van der Waals surface area contributed by atoms with Crippen molar-refractivity contribution in [2.24, 2.45) is 5.92 Å². The molecule has 1 fully saturated rings. The molecule has 0 aromatic heterocycles. The van der Waals surface area contributed by atoms with Crippen molar-refractivity contribution >= 4 is 35.6 Å². The van der Waals surface area contributed by atoms with E-state index in [1.165, 1.54) is 18.2 Å². The highest BCUT2D eigenvalue weighted by molar-refractivity contribution is 5.95. The Labute approximate surface area is 176 Å². The number of piperidine rings is 1. The van der Waals surface area contributed by atoms with E-state index in [1.54, 1.807) is 0 Å². The summed E-state index contributed by atoms with van der Waals surface area (Å²) in [5, 5.41) is 8.70. The molecule has 2 aromatic carbocycles. The van der Waals surface area contributed by atoms with E-state index in [4.69, 9.17) is 0 Å². The van der Waals surface area contributed by atoms with Gasteiger partial charge in [-0.05, 0) is 62.0 Å². The number of carbonyl (C=O) groups excluding carboxylic acids is 2. The minimum absolute atomic E-state index is 0. The van der Waals surface area contributed by atoms with Crippen LogP contribution in [0.1, 0.15) is 31.2 Å². The molecule has 0 radical (unpaired) electrons. The van der Waals surface area contributed by atoms with Gasteiger partial charge >= 0.3 is 0 Å². The van der Waals surface area contributed by atoms with Gasteiger partial charge in [0.25, 0.3) is 0 Å². The van der Waals surface area contributed by atoms with Crippen LogP contribution >= 0.6 is 12.4 Å². The third-order valence-electron chi connectivity index (χ3n) is 4.97. The van der Waals surface area contributed by atoms with E-state index < -0.39 is 5.82 Å². The largest absolute Gasteiger partial charge is 0.326 e. The van der Waals surface area contributed by atoms with Crippen molar-refractivity contribution in [3.63, 3.8) is 0 Å². The number of carbonyl (C=O) groups is 2. The number of anilines is 2. The van der Waals surface area contributed by atoms with Crippen molar-refractivity contribution < 1.29 is 14.0 Å². The van der Waals surface area contributed by atoms with E-state index in [-0.39, 0.29) is 36.3 Å². The molecule has 1 aliphatic heterocycles. The van der Waals surface area contributed by atoms with Crippen LogP contribution in [0, 0.1) is 11.7 Å². The molecule has 2 amide bonds. The second-order valence-corrected chi connectivity index (χ2v) is 7.19. The predicted molar refractivity (Wildman–Crippen MR) is 116 cm³/mol. The summed E-state index contributed by atoms with van der Waals surface area (Å²) in [5.41, 5.74) is 1.39. The first-order valence-corrected chi connectivity index (χ1v) is 9.74. The van der Waals surface area contributed by atoms with E-state index in [1.807, 2.05) is 30.3 Å². The van der Waals surface area contributed by atoms with Crippen LogP contribution in [0.15, 0.2) is 48.5 Å². The van der Waals surface area contributed by atoms with Gasteiger partial charge in [0.15, 0.2) is 0 Å². The van der Waals surface area contributed by atoms with Crippen LogP contribution in [0.5, 0.6) is 0 Å². The van der Waals surface area contributed by atoms with Crippen LogP contribution in [-0.2, 0) is 16.0 Å². The first-order chi connectivity index (χ1) is 13.6. The minimum atomic E-state index is -0.533. The smallest absolute Gasteiger partial charge is 0.228 e. The lowest BCUT2D eigenvalue weighted by Gasteiger charge is -2.22. The number of rotatable bonds is 7. The van der Waals surface area contributed by atoms with Gasteiger partial charge in [-0.25, -0.2) is 4.39 Å². The van der Waals surface area contributed by atoms with Crippen molar-refractivity contribution in [1.29, 1.82) is 0 Å². The third-order valence-corrected chi connectivity index (χ3v) is 4.97. The maximum Gasteiger partial charge on any atom is 0.228 e. The Bertz CT molecular complexity index is 811. The summed E-state index contributed by atoms with van der Waals surface area (Å²) in [6, 6.07) is 13.5. The maximum absolute atomic E-state index is 14.1. The number of nitrogens with one attached hydrogen (secondary N) is 3. The lowest BCUT2D eigenvalue weighted by Crippen LogP contribution is -2.28. The fourth-order valence-electron chi connectivity index (χ4n) is 3.40. The zero-order valence-corrected chi connectivity index (χ0v) is 17.1. The highest BCUT2D eigenvalue weighted by Crippen LogP contribution is 2.22. The molecule has 7 heteroatoms.